The highest BCUT2D eigenvalue weighted by molar-refractivity contribution is 7.15. The van der Waals surface area contributed by atoms with E-state index in [9.17, 15) is 4.79 Å². The zero-order valence-corrected chi connectivity index (χ0v) is 16.1. The molecular formula is C17H19Cl2N3O2S. The molecule has 25 heavy (non-hydrogen) atoms. The van der Waals surface area contributed by atoms with Crippen molar-refractivity contribution in [3.05, 3.63) is 33.3 Å². The van der Waals surface area contributed by atoms with Crippen molar-refractivity contribution in [1.29, 1.82) is 0 Å². The molecule has 134 valence electrons. The maximum Gasteiger partial charge on any atom is 0.266 e. The Morgan fingerprint density at radius 2 is 2.04 bits per heavy atom. The van der Waals surface area contributed by atoms with Crippen molar-refractivity contribution in [2.24, 2.45) is 0 Å². The third-order valence-electron chi connectivity index (χ3n) is 4.19. The van der Waals surface area contributed by atoms with Gasteiger partial charge in [0.15, 0.2) is 6.10 Å². The van der Waals surface area contributed by atoms with Crippen molar-refractivity contribution < 1.29 is 9.53 Å². The number of benzene rings is 1. The Balaban J connectivity index is 1.58. The van der Waals surface area contributed by atoms with Crippen LogP contribution in [0.5, 0.6) is 5.75 Å². The largest absolute Gasteiger partial charge is 0.479 e. The summed E-state index contributed by atoms with van der Waals surface area (Å²) in [5.41, 5.74) is 0. The molecule has 1 heterocycles. The standard InChI is InChI=1S/C17H19Cl2N3O2S/c1-10(24-14-8-7-12(18)9-13(14)19)15(23)20-17-22-21-16(25-17)11-5-3-2-4-6-11/h7-11H,2-6H2,1H3,(H,20,22,23)/t10-/m0/s1. The summed E-state index contributed by atoms with van der Waals surface area (Å²) in [7, 11) is 0. The van der Waals surface area contributed by atoms with Gasteiger partial charge < -0.3 is 4.74 Å². The molecule has 0 radical (unpaired) electrons. The molecule has 8 heteroatoms. The average Bonchev–Trinajstić information content (AvgIpc) is 3.06. The molecule has 0 saturated heterocycles. The van der Waals surface area contributed by atoms with E-state index in [1.165, 1.54) is 30.6 Å². The van der Waals surface area contributed by atoms with Gasteiger partial charge in [0.1, 0.15) is 10.8 Å². The molecule has 1 aliphatic carbocycles. The normalized spacial score (nSPS) is 16.4. The second kappa shape index (κ2) is 8.34. The van der Waals surface area contributed by atoms with E-state index < -0.39 is 6.10 Å². The maximum absolute atomic E-state index is 12.3. The molecule has 5 nitrogen and oxygen atoms in total. The number of rotatable bonds is 5. The van der Waals surface area contributed by atoms with Gasteiger partial charge in [0.2, 0.25) is 5.13 Å². The van der Waals surface area contributed by atoms with Gasteiger partial charge in [0, 0.05) is 10.9 Å². The summed E-state index contributed by atoms with van der Waals surface area (Å²) in [6.07, 6.45) is 5.34. The van der Waals surface area contributed by atoms with Gasteiger partial charge in [0.05, 0.1) is 5.02 Å². The van der Waals surface area contributed by atoms with Gasteiger partial charge in [-0.05, 0) is 38.0 Å². The van der Waals surface area contributed by atoms with E-state index in [0.717, 1.165) is 17.8 Å². The Morgan fingerprint density at radius 1 is 1.28 bits per heavy atom. The predicted molar refractivity (Wildman–Crippen MR) is 101 cm³/mol. The molecule has 1 aliphatic rings. The van der Waals surface area contributed by atoms with Crippen LogP contribution in [0.1, 0.15) is 50.0 Å². The molecule has 3 rings (SSSR count). The molecule has 0 bridgehead atoms. The molecular weight excluding hydrogens is 381 g/mol. The third-order valence-corrected chi connectivity index (χ3v) is 5.72. The highest BCUT2D eigenvalue weighted by Gasteiger charge is 2.22. The molecule has 1 saturated carbocycles. The van der Waals surface area contributed by atoms with Gasteiger partial charge >= 0.3 is 0 Å². The van der Waals surface area contributed by atoms with Crippen LogP contribution in [0.15, 0.2) is 18.2 Å². The third kappa shape index (κ3) is 4.84. The molecule has 1 amide bonds. The van der Waals surface area contributed by atoms with Crippen molar-refractivity contribution in [3.63, 3.8) is 0 Å². The summed E-state index contributed by atoms with van der Waals surface area (Å²) in [5.74, 6) is 0.588. The van der Waals surface area contributed by atoms with Crippen LogP contribution in [0.3, 0.4) is 0 Å². The van der Waals surface area contributed by atoms with Crippen molar-refractivity contribution in [1.82, 2.24) is 10.2 Å². The lowest BCUT2D eigenvalue weighted by molar-refractivity contribution is -0.122. The minimum atomic E-state index is -0.722. The SMILES string of the molecule is C[C@H](Oc1ccc(Cl)cc1Cl)C(=O)Nc1nnc(C2CCCCC2)s1. The van der Waals surface area contributed by atoms with Crippen molar-refractivity contribution in [3.8, 4) is 5.75 Å². The second-order valence-corrected chi connectivity index (χ2v) is 7.96. The Morgan fingerprint density at radius 3 is 2.76 bits per heavy atom. The van der Waals surface area contributed by atoms with E-state index in [1.807, 2.05) is 0 Å². The summed E-state index contributed by atoms with van der Waals surface area (Å²) in [6.45, 7) is 1.66. The minimum Gasteiger partial charge on any atom is -0.479 e. The summed E-state index contributed by atoms with van der Waals surface area (Å²) in [6, 6.07) is 4.87. The fourth-order valence-corrected chi connectivity index (χ4v) is 4.19. The van der Waals surface area contributed by atoms with Crippen LogP contribution >= 0.6 is 34.5 Å². The van der Waals surface area contributed by atoms with Gasteiger partial charge in [-0.15, -0.1) is 10.2 Å². The van der Waals surface area contributed by atoms with E-state index in [2.05, 4.69) is 15.5 Å². The van der Waals surface area contributed by atoms with E-state index in [-0.39, 0.29) is 5.91 Å². The number of hydrogen-bond donors (Lipinski definition) is 1. The van der Waals surface area contributed by atoms with E-state index >= 15 is 0 Å². The molecule has 0 spiro atoms. The molecule has 1 atom stereocenters. The van der Waals surface area contributed by atoms with Crippen LogP contribution in [0.2, 0.25) is 10.0 Å². The van der Waals surface area contributed by atoms with Gasteiger partial charge in [-0.2, -0.15) is 0 Å². The molecule has 0 unspecified atom stereocenters. The number of amides is 1. The quantitative estimate of drug-likeness (QED) is 0.740. The number of anilines is 1. The molecule has 1 aromatic heterocycles. The predicted octanol–water partition coefficient (Wildman–Crippen LogP) is 5.30. The van der Waals surface area contributed by atoms with Crippen LogP contribution in [-0.4, -0.2) is 22.2 Å². The Labute approximate surface area is 160 Å². The maximum atomic E-state index is 12.3. The van der Waals surface area contributed by atoms with Crippen LogP contribution < -0.4 is 10.1 Å². The Kier molecular flexibility index (Phi) is 6.15. The number of hydrogen-bond acceptors (Lipinski definition) is 5. The lowest BCUT2D eigenvalue weighted by Gasteiger charge is -2.18. The fourth-order valence-electron chi connectivity index (χ4n) is 2.82. The van der Waals surface area contributed by atoms with Gasteiger partial charge in [-0.3, -0.25) is 10.1 Å². The average molecular weight is 400 g/mol. The number of ether oxygens (including phenoxy) is 1. The molecule has 1 N–H and O–H groups in total. The first-order valence-corrected chi connectivity index (χ1v) is 9.86. The van der Waals surface area contributed by atoms with E-state index in [1.54, 1.807) is 25.1 Å². The smallest absolute Gasteiger partial charge is 0.266 e. The van der Waals surface area contributed by atoms with E-state index in [0.29, 0.717) is 26.8 Å². The van der Waals surface area contributed by atoms with Crippen LogP contribution in [0.4, 0.5) is 5.13 Å². The Bertz CT molecular complexity index is 747. The summed E-state index contributed by atoms with van der Waals surface area (Å²) >= 11 is 13.4. The van der Waals surface area contributed by atoms with Crippen LogP contribution in [0.25, 0.3) is 0 Å². The van der Waals surface area contributed by atoms with Crippen LogP contribution in [0, 0.1) is 0 Å². The molecule has 1 aromatic carbocycles. The topological polar surface area (TPSA) is 64.1 Å². The lowest BCUT2D eigenvalue weighted by atomic mass is 9.90. The first-order chi connectivity index (χ1) is 12.0. The molecule has 0 aliphatic heterocycles. The fraction of sp³-hybridized carbons (Fsp3) is 0.471. The number of nitrogens with one attached hydrogen (secondary N) is 1. The van der Waals surface area contributed by atoms with Gasteiger partial charge in [-0.1, -0.05) is 53.8 Å². The van der Waals surface area contributed by atoms with Gasteiger partial charge in [0.25, 0.3) is 5.91 Å². The number of halogens is 2. The number of carbonyl (C=O) groups is 1. The Hall–Kier alpha value is -1.37. The number of carbonyl (C=O) groups excluding carboxylic acids is 1. The van der Waals surface area contributed by atoms with Crippen molar-refractivity contribution >= 4 is 45.6 Å². The summed E-state index contributed by atoms with van der Waals surface area (Å²) < 4.78 is 5.61. The highest BCUT2D eigenvalue weighted by Crippen LogP contribution is 2.35. The lowest BCUT2D eigenvalue weighted by Crippen LogP contribution is -2.30. The molecule has 1 fully saturated rings. The van der Waals surface area contributed by atoms with Gasteiger partial charge in [-0.25, -0.2) is 0 Å². The highest BCUT2D eigenvalue weighted by atomic mass is 35.5. The first-order valence-electron chi connectivity index (χ1n) is 8.29. The minimum absolute atomic E-state index is 0.294. The number of nitrogens with zero attached hydrogens (tertiary/aromatic N) is 2. The monoisotopic (exact) mass is 399 g/mol. The zero-order valence-electron chi connectivity index (χ0n) is 13.8. The second-order valence-electron chi connectivity index (χ2n) is 6.10. The zero-order chi connectivity index (χ0) is 17.8. The summed E-state index contributed by atoms with van der Waals surface area (Å²) in [5, 5.41) is 13.5. The van der Waals surface area contributed by atoms with Crippen molar-refractivity contribution in [2.45, 2.75) is 51.0 Å². The molecule has 2 aromatic rings. The van der Waals surface area contributed by atoms with Crippen molar-refractivity contribution in [2.75, 3.05) is 5.32 Å². The first kappa shape index (κ1) is 18.4. The number of aromatic nitrogens is 2. The summed E-state index contributed by atoms with van der Waals surface area (Å²) in [4.78, 5) is 12.3. The van der Waals surface area contributed by atoms with Crippen LogP contribution in [-0.2, 0) is 4.79 Å². The van der Waals surface area contributed by atoms with E-state index in [4.69, 9.17) is 27.9 Å².